The Labute approximate surface area is 79.5 Å². The number of nitrogens with zero attached hydrogens (tertiary/aromatic N) is 1. The number of aliphatic hydroxyl groups is 1. The Hall–Kier alpha value is -0.450. The van der Waals surface area contributed by atoms with Crippen molar-refractivity contribution in [1.82, 2.24) is 4.90 Å². The van der Waals surface area contributed by atoms with Crippen LogP contribution >= 0.6 is 0 Å². The molecule has 0 aromatic carbocycles. The molecule has 4 heteroatoms. The maximum atomic E-state index is 11.0. The molecule has 0 aromatic rings. The SMILES string of the molecule is COCC(O)CN(C)C(C)C(C)=O. The van der Waals surface area contributed by atoms with Crippen LogP contribution in [0.25, 0.3) is 0 Å². The lowest BCUT2D eigenvalue weighted by Gasteiger charge is -2.24. The molecule has 0 aliphatic heterocycles. The fourth-order valence-corrected chi connectivity index (χ4v) is 1.05. The molecular formula is C9H19NO3. The molecule has 13 heavy (non-hydrogen) atoms. The van der Waals surface area contributed by atoms with Crippen LogP contribution in [0.2, 0.25) is 0 Å². The van der Waals surface area contributed by atoms with E-state index in [4.69, 9.17) is 4.74 Å². The molecule has 0 bridgehead atoms. The summed E-state index contributed by atoms with van der Waals surface area (Å²) < 4.78 is 4.78. The predicted octanol–water partition coefficient (Wildman–Crippen LogP) is -0.0970. The molecule has 0 rings (SSSR count). The number of hydrogen-bond acceptors (Lipinski definition) is 4. The van der Waals surface area contributed by atoms with Crippen LogP contribution in [0.1, 0.15) is 13.8 Å². The Morgan fingerprint density at radius 2 is 2.15 bits per heavy atom. The number of aliphatic hydroxyl groups excluding tert-OH is 1. The third-order valence-electron chi connectivity index (χ3n) is 2.11. The van der Waals surface area contributed by atoms with E-state index in [2.05, 4.69) is 0 Å². The van der Waals surface area contributed by atoms with E-state index >= 15 is 0 Å². The van der Waals surface area contributed by atoms with Crippen molar-refractivity contribution in [1.29, 1.82) is 0 Å². The third kappa shape index (κ3) is 4.98. The van der Waals surface area contributed by atoms with Crippen molar-refractivity contribution in [3.63, 3.8) is 0 Å². The van der Waals surface area contributed by atoms with Crippen LogP contribution in [0, 0.1) is 0 Å². The highest BCUT2D eigenvalue weighted by Gasteiger charge is 2.16. The number of carbonyl (C=O) groups excluding carboxylic acids is 1. The lowest BCUT2D eigenvalue weighted by atomic mass is 10.2. The number of carbonyl (C=O) groups is 1. The highest BCUT2D eigenvalue weighted by molar-refractivity contribution is 5.80. The number of ketones is 1. The van der Waals surface area contributed by atoms with Crippen LogP contribution in [0.5, 0.6) is 0 Å². The van der Waals surface area contributed by atoms with E-state index < -0.39 is 6.10 Å². The third-order valence-corrected chi connectivity index (χ3v) is 2.11. The first kappa shape index (κ1) is 12.6. The van der Waals surface area contributed by atoms with Crippen LogP contribution in [-0.2, 0) is 9.53 Å². The fourth-order valence-electron chi connectivity index (χ4n) is 1.05. The van der Waals surface area contributed by atoms with E-state index in [0.29, 0.717) is 13.2 Å². The molecule has 78 valence electrons. The van der Waals surface area contributed by atoms with Gasteiger partial charge in [-0.25, -0.2) is 0 Å². The zero-order chi connectivity index (χ0) is 10.4. The van der Waals surface area contributed by atoms with E-state index in [1.807, 2.05) is 18.9 Å². The topological polar surface area (TPSA) is 49.8 Å². The molecule has 0 heterocycles. The van der Waals surface area contributed by atoms with Gasteiger partial charge in [0.25, 0.3) is 0 Å². The van der Waals surface area contributed by atoms with Crippen LogP contribution < -0.4 is 0 Å². The summed E-state index contributed by atoms with van der Waals surface area (Å²) in [5.74, 6) is 0.104. The van der Waals surface area contributed by atoms with Gasteiger partial charge in [0, 0.05) is 13.7 Å². The summed E-state index contributed by atoms with van der Waals surface area (Å²) in [7, 11) is 3.35. The lowest BCUT2D eigenvalue weighted by molar-refractivity contribution is -0.121. The second-order valence-corrected chi connectivity index (χ2v) is 3.34. The first-order chi connectivity index (χ1) is 5.99. The van der Waals surface area contributed by atoms with Gasteiger partial charge in [-0.15, -0.1) is 0 Å². The highest BCUT2D eigenvalue weighted by atomic mass is 16.5. The molecule has 0 fully saturated rings. The zero-order valence-corrected chi connectivity index (χ0v) is 8.78. The number of Topliss-reactive ketones (excluding diaryl/α,β-unsaturated/α-hetero) is 1. The van der Waals surface area contributed by atoms with Gasteiger partial charge in [-0.2, -0.15) is 0 Å². The van der Waals surface area contributed by atoms with Gasteiger partial charge in [0.1, 0.15) is 5.78 Å². The molecule has 4 nitrogen and oxygen atoms in total. The molecule has 2 unspecified atom stereocenters. The van der Waals surface area contributed by atoms with Crippen molar-refractivity contribution < 1.29 is 14.6 Å². The maximum Gasteiger partial charge on any atom is 0.146 e. The van der Waals surface area contributed by atoms with Gasteiger partial charge in [0.2, 0.25) is 0 Å². The Morgan fingerprint density at radius 3 is 2.54 bits per heavy atom. The van der Waals surface area contributed by atoms with Crippen LogP contribution in [0.15, 0.2) is 0 Å². The molecule has 1 N–H and O–H groups in total. The molecule has 0 aliphatic carbocycles. The average molecular weight is 189 g/mol. The van der Waals surface area contributed by atoms with Gasteiger partial charge < -0.3 is 9.84 Å². The number of likely N-dealkylation sites (N-methyl/N-ethyl adjacent to an activating group) is 1. The van der Waals surface area contributed by atoms with Gasteiger partial charge in [-0.1, -0.05) is 0 Å². The summed E-state index contributed by atoms with van der Waals surface area (Å²) in [5, 5.41) is 9.37. The number of hydrogen-bond donors (Lipinski definition) is 1. The Kier molecular flexibility index (Phi) is 5.86. The first-order valence-corrected chi connectivity index (χ1v) is 4.36. The summed E-state index contributed by atoms with van der Waals surface area (Å²) in [6.45, 7) is 4.12. The molecule has 0 spiro atoms. The lowest BCUT2D eigenvalue weighted by Crippen LogP contribution is -2.40. The second kappa shape index (κ2) is 6.07. The normalized spacial score (nSPS) is 15.8. The van der Waals surface area contributed by atoms with Crippen LogP contribution in [-0.4, -0.2) is 55.2 Å². The summed E-state index contributed by atoms with van der Waals surface area (Å²) in [6, 6.07) is -0.147. The number of ether oxygens (including phenoxy) is 1. The summed E-state index contributed by atoms with van der Waals surface area (Å²) in [6.07, 6.45) is -0.531. The average Bonchev–Trinajstić information content (AvgIpc) is 2.03. The molecule has 0 saturated carbocycles. The van der Waals surface area contributed by atoms with Gasteiger partial charge in [-0.05, 0) is 20.9 Å². The minimum Gasteiger partial charge on any atom is -0.389 e. The summed E-state index contributed by atoms with van der Waals surface area (Å²) >= 11 is 0. The Balaban J connectivity index is 3.84. The predicted molar refractivity (Wildman–Crippen MR) is 50.7 cm³/mol. The van der Waals surface area contributed by atoms with Crippen molar-refractivity contribution in [2.45, 2.75) is 26.0 Å². The summed E-state index contributed by atoms with van der Waals surface area (Å²) in [4.78, 5) is 12.8. The monoisotopic (exact) mass is 189 g/mol. The maximum absolute atomic E-state index is 11.0. The van der Waals surface area contributed by atoms with Crippen molar-refractivity contribution in [2.75, 3.05) is 27.3 Å². The Morgan fingerprint density at radius 1 is 1.62 bits per heavy atom. The van der Waals surface area contributed by atoms with E-state index in [9.17, 15) is 9.90 Å². The fraction of sp³-hybridized carbons (Fsp3) is 0.889. The van der Waals surface area contributed by atoms with Crippen molar-refractivity contribution in [3.05, 3.63) is 0 Å². The largest absolute Gasteiger partial charge is 0.389 e. The molecule has 2 atom stereocenters. The van der Waals surface area contributed by atoms with Gasteiger partial charge in [0.05, 0.1) is 18.8 Å². The van der Waals surface area contributed by atoms with Crippen molar-refractivity contribution in [3.8, 4) is 0 Å². The molecule has 0 radical (unpaired) electrons. The van der Waals surface area contributed by atoms with E-state index in [1.54, 1.807) is 6.92 Å². The second-order valence-electron chi connectivity index (χ2n) is 3.34. The van der Waals surface area contributed by atoms with Gasteiger partial charge in [0.15, 0.2) is 0 Å². The van der Waals surface area contributed by atoms with Crippen LogP contribution in [0.3, 0.4) is 0 Å². The van der Waals surface area contributed by atoms with E-state index in [0.717, 1.165) is 0 Å². The minimum absolute atomic E-state index is 0.104. The number of rotatable bonds is 6. The molecule has 0 aromatic heterocycles. The smallest absolute Gasteiger partial charge is 0.146 e. The highest BCUT2D eigenvalue weighted by Crippen LogP contribution is 1.98. The first-order valence-electron chi connectivity index (χ1n) is 4.36. The molecule has 0 amide bonds. The van der Waals surface area contributed by atoms with Gasteiger partial charge >= 0.3 is 0 Å². The summed E-state index contributed by atoms with van der Waals surface area (Å²) in [5.41, 5.74) is 0. The van der Waals surface area contributed by atoms with Gasteiger partial charge in [-0.3, -0.25) is 9.69 Å². The van der Waals surface area contributed by atoms with Crippen LogP contribution in [0.4, 0.5) is 0 Å². The van der Waals surface area contributed by atoms with E-state index in [1.165, 1.54) is 7.11 Å². The van der Waals surface area contributed by atoms with Crippen molar-refractivity contribution in [2.24, 2.45) is 0 Å². The molecule has 0 saturated heterocycles. The van der Waals surface area contributed by atoms with Crippen molar-refractivity contribution >= 4 is 5.78 Å². The Bertz CT molecular complexity index is 161. The minimum atomic E-state index is -0.531. The van der Waals surface area contributed by atoms with E-state index in [-0.39, 0.29) is 11.8 Å². The molecule has 0 aliphatic rings. The standard InChI is InChI=1S/C9H19NO3/c1-7(8(2)11)10(3)5-9(12)6-13-4/h7,9,12H,5-6H2,1-4H3. The molecular weight excluding hydrogens is 170 g/mol. The quantitative estimate of drug-likeness (QED) is 0.634. The zero-order valence-electron chi connectivity index (χ0n) is 8.78. The number of methoxy groups -OCH3 is 1.